The Morgan fingerprint density at radius 1 is 1.33 bits per heavy atom. The van der Waals surface area contributed by atoms with Crippen molar-refractivity contribution in [3.05, 3.63) is 0 Å². The van der Waals surface area contributed by atoms with E-state index in [1.807, 2.05) is 22.9 Å². The van der Waals surface area contributed by atoms with E-state index in [1.165, 1.54) is 6.92 Å². The molecule has 0 aromatic carbocycles. The molecule has 6 heteroatoms. The van der Waals surface area contributed by atoms with Crippen LogP contribution in [0.2, 0.25) is 0 Å². The summed E-state index contributed by atoms with van der Waals surface area (Å²) in [6.07, 6.45) is 0. The van der Waals surface area contributed by atoms with Gasteiger partial charge >= 0.3 is 5.97 Å². The maximum atomic E-state index is 11.0. The number of hydrogen-bond acceptors (Lipinski definition) is 3. The molecule has 0 spiro atoms. The Labute approximate surface area is 84.4 Å². The highest BCUT2D eigenvalue weighted by Gasteiger charge is 2.17. The number of carbonyl (C=O) groups is 2. The number of amides is 1. The fourth-order valence-electron chi connectivity index (χ4n) is 0.450. The highest BCUT2D eigenvalue weighted by Crippen LogP contribution is 1.88. The number of carbonyl (C=O) groups excluding carboxylic acids is 1. The van der Waals surface area contributed by atoms with Crippen molar-refractivity contribution in [2.45, 2.75) is 25.9 Å². The summed E-state index contributed by atoms with van der Waals surface area (Å²) in [4.78, 5) is 21.4. The molecular weight excluding hydrogens is 275 g/mol. The maximum absolute atomic E-state index is 11.0. The second-order valence-corrected chi connectivity index (χ2v) is 3.02. The fourth-order valence-corrected chi connectivity index (χ4v) is 0.733. The number of rotatable bonds is 4. The molecule has 0 rings (SSSR count). The molecule has 0 radical (unpaired) electrons. The molecule has 1 amide bonds. The lowest BCUT2D eigenvalue weighted by Gasteiger charge is -2.12. The SMILES string of the molecule is C[C@H](NC(=O)[C@H](C)NI)C(=O)O. The van der Waals surface area contributed by atoms with Crippen LogP contribution in [0.15, 0.2) is 0 Å². The summed E-state index contributed by atoms with van der Waals surface area (Å²) >= 11 is 1.83. The third-order valence-electron chi connectivity index (χ3n) is 1.29. The Bertz CT molecular complexity index is 186. The van der Waals surface area contributed by atoms with Crippen molar-refractivity contribution in [1.82, 2.24) is 8.85 Å². The van der Waals surface area contributed by atoms with Gasteiger partial charge in [-0.2, -0.15) is 0 Å². The van der Waals surface area contributed by atoms with Crippen LogP contribution in [0.3, 0.4) is 0 Å². The Morgan fingerprint density at radius 2 is 1.83 bits per heavy atom. The van der Waals surface area contributed by atoms with E-state index in [9.17, 15) is 9.59 Å². The first-order chi connectivity index (χ1) is 5.49. The van der Waals surface area contributed by atoms with Gasteiger partial charge in [-0.1, -0.05) is 0 Å². The first-order valence-electron chi connectivity index (χ1n) is 3.38. The van der Waals surface area contributed by atoms with Crippen molar-refractivity contribution in [1.29, 1.82) is 0 Å². The molecule has 0 unspecified atom stereocenters. The molecule has 0 aromatic heterocycles. The van der Waals surface area contributed by atoms with Crippen LogP contribution < -0.4 is 8.85 Å². The number of halogens is 1. The zero-order valence-corrected chi connectivity index (χ0v) is 8.95. The second kappa shape index (κ2) is 5.31. The van der Waals surface area contributed by atoms with E-state index in [0.717, 1.165) is 0 Å². The number of aliphatic carboxylic acids is 1. The van der Waals surface area contributed by atoms with E-state index in [0.29, 0.717) is 0 Å². The van der Waals surface area contributed by atoms with Crippen LogP contribution in [-0.2, 0) is 9.59 Å². The average Bonchev–Trinajstić information content (AvgIpc) is 2.02. The summed E-state index contributed by atoms with van der Waals surface area (Å²) in [5.74, 6) is -1.36. The van der Waals surface area contributed by atoms with Crippen LogP contribution in [0.25, 0.3) is 0 Å². The Hall–Kier alpha value is -0.370. The highest BCUT2D eigenvalue weighted by atomic mass is 127. The zero-order chi connectivity index (χ0) is 9.72. The lowest BCUT2D eigenvalue weighted by molar-refractivity contribution is -0.141. The smallest absolute Gasteiger partial charge is 0.325 e. The molecule has 0 aliphatic rings. The summed E-state index contributed by atoms with van der Waals surface area (Å²) in [6, 6.07) is -1.22. The average molecular weight is 286 g/mol. The molecule has 0 bridgehead atoms. The minimum absolute atomic E-state index is 0.320. The van der Waals surface area contributed by atoms with Gasteiger partial charge in [0.2, 0.25) is 5.91 Å². The van der Waals surface area contributed by atoms with Gasteiger partial charge in [0.05, 0.1) is 6.04 Å². The van der Waals surface area contributed by atoms with Gasteiger partial charge in [-0.25, -0.2) is 3.53 Å². The monoisotopic (exact) mass is 286 g/mol. The van der Waals surface area contributed by atoms with Gasteiger partial charge in [0.25, 0.3) is 0 Å². The molecule has 0 fully saturated rings. The molecule has 0 saturated heterocycles. The first-order valence-corrected chi connectivity index (χ1v) is 4.46. The predicted molar refractivity (Wildman–Crippen MR) is 51.9 cm³/mol. The number of hydrogen-bond donors (Lipinski definition) is 3. The Kier molecular flexibility index (Phi) is 5.14. The third kappa shape index (κ3) is 3.86. The van der Waals surface area contributed by atoms with E-state index in [1.54, 1.807) is 6.92 Å². The van der Waals surface area contributed by atoms with E-state index >= 15 is 0 Å². The van der Waals surface area contributed by atoms with Crippen LogP contribution >= 0.6 is 22.9 Å². The van der Waals surface area contributed by atoms with Crippen molar-refractivity contribution in [2.24, 2.45) is 0 Å². The quantitative estimate of drug-likeness (QED) is 0.498. The summed E-state index contributed by atoms with van der Waals surface area (Å²) in [5, 5.41) is 10.8. The molecular formula is C6H11IN2O3. The zero-order valence-electron chi connectivity index (χ0n) is 6.80. The molecule has 3 N–H and O–H groups in total. The maximum Gasteiger partial charge on any atom is 0.325 e. The molecule has 0 aliphatic heterocycles. The molecule has 0 saturated carbocycles. The third-order valence-corrected chi connectivity index (χ3v) is 2.22. The normalized spacial score (nSPS) is 14.9. The standard InChI is InChI=1S/C6H11IN2O3/c1-3(9-7)5(10)8-4(2)6(11)12/h3-4,9H,1-2H3,(H,8,10)(H,11,12)/t3-,4-/m0/s1. The van der Waals surface area contributed by atoms with Crippen LogP contribution in [0.5, 0.6) is 0 Å². The lowest BCUT2D eigenvalue weighted by atomic mass is 10.3. The molecule has 2 atom stereocenters. The van der Waals surface area contributed by atoms with Crippen molar-refractivity contribution >= 4 is 34.7 Å². The summed E-state index contributed by atoms with van der Waals surface area (Å²) < 4.78 is 2.67. The summed E-state index contributed by atoms with van der Waals surface area (Å²) in [5.41, 5.74) is 0. The van der Waals surface area contributed by atoms with Gasteiger partial charge < -0.3 is 10.4 Å². The Morgan fingerprint density at radius 3 is 2.17 bits per heavy atom. The minimum atomic E-state index is -1.04. The first kappa shape index (κ1) is 11.6. The molecule has 0 heterocycles. The van der Waals surface area contributed by atoms with Gasteiger partial charge in [-0.3, -0.25) is 9.59 Å². The summed E-state index contributed by atoms with van der Waals surface area (Å²) in [7, 11) is 0. The second-order valence-electron chi connectivity index (χ2n) is 2.40. The minimum Gasteiger partial charge on any atom is -0.480 e. The molecule has 5 nitrogen and oxygen atoms in total. The van der Waals surface area contributed by atoms with E-state index < -0.39 is 12.0 Å². The van der Waals surface area contributed by atoms with Gasteiger partial charge in [0.15, 0.2) is 0 Å². The van der Waals surface area contributed by atoms with Gasteiger partial charge in [0.1, 0.15) is 6.04 Å². The molecule has 0 aromatic rings. The number of carboxylic acids is 1. The van der Waals surface area contributed by atoms with Crippen LogP contribution in [0, 0.1) is 0 Å². The fraction of sp³-hybridized carbons (Fsp3) is 0.667. The van der Waals surface area contributed by atoms with E-state index in [2.05, 4.69) is 8.85 Å². The van der Waals surface area contributed by atoms with Gasteiger partial charge in [-0.05, 0) is 13.8 Å². The van der Waals surface area contributed by atoms with Crippen molar-refractivity contribution in [3.63, 3.8) is 0 Å². The molecule has 70 valence electrons. The van der Waals surface area contributed by atoms with Gasteiger partial charge in [-0.15, -0.1) is 0 Å². The van der Waals surface area contributed by atoms with E-state index in [-0.39, 0.29) is 11.9 Å². The Balaban J connectivity index is 3.92. The lowest BCUT2D eigenvalue weighted by Crippen LogP contribution is -2.45. The van der Waals surface area contributed by atoms with Crippen LogP contribution in [-0.4, -0.2) is 29.1 Å². The summed E-state index contributed by atoms with van der Waals surface area (Å²) in [6.45, 7) is 3.07. The van der Waals surface area contributed by atoms with Crippen molar-refractivity contribution in [2.75, 3.05) is 0 Å². The van der Waals surface area contributed by atoms with Crippen molar-refractivity contribution in [3.8, 4) is 0 Å². The number of carboxylic acid groups (broad SMARTS) is 1. The van der Waals surface area contributed by atoms with E-state index in [4.69, 9.17) is 5.11 Å². The van der Waals surface area contributed by atoms with Crippen LogP contribution in [0.1, 0.15) is 13.8 Å². The number of nitrogens with one attached hydrogen (secondary N) is 2. The van der Waals surface area contributed by atoms with Crippen molar-refractivity contribution < 1.29 is 14.7 Å². The topological polar surface area (TPSA) is 78.4 Å². The molecule has 0 aliphatic carbocycles. The largest absolute Gasteiger partial charge is 0.480 e. The highest BCUT2D eigenvalue weighted by molar-refractivity contribution is 14.1. The molecule has 12 heavy (non-hydrogen) atoms. The van der Waals surface area contributed by atoms with Gasteiger partial charge in [0, 0.05) is 22.9 Å². The van der Waals surface area contributed by atoms with Crippen LogP contribution in [0.4, 0.5) is 0 Å². The predicted octanol–water partition coefficient (Wildman–Crippen LogP) is -0.0962.